The third-order valence-corrected chi connectivity index (χ3v) is 3.52. The molecule has 0 aliphatic carbocycles. The number of hydrazine groups is 1. The molecule has 0 aliphatic heterocycles. The van der Waals surface area contributed by atoms with Crippen molar-refractivity contribution in [2.24, 2.45) is 0 Å². The quantitative estimate of drug-likeness (QED) is 0.712. The summed E-state index contributed by atoms with van der Waals surface area (Å²) >= 11 is 0. The Hall–Kier alpha value is -3.35. The fourth-order valence-electron chi connectivity index (χ4n) is 2.36. The third kappa shape index (κ3) is 3.95. The van der Waals surface area contributed by atoms with Crippen molar-refractivity contribution in [3.8, 4) is 11.5 Å². The summed E-state index contributed by atoms with van der Waals surface area (Å²) in [6, 6.07) is 11.0. The van der Waals surface area contributed by atoms with E-state index >= 15 is 0 Å². The van der Waals surface area contributed by atoms with Gasteiger partial charge in [-0.25, -0.2) is 4.98 Å². The van der Waals surface area contributed by atoms with Crippen molar-refractivity contribution in [1.29, 1.82) is 0 Å². The van der Waals surface area contributed by atoms with Crippen LogP contribution in [0.1, 0.15) is 27.6 Å². The number of aryl methyl sites for hydroxylation is 2. The number of rotatable bonds is 4. The standard InChI is InChI=1S/C18H17N3O4/c1-11-8-15(12(2)25-11)17(23)21-20-16(22)9-14-10-24-18(19-14)13-6-4-3-5-7-13/h3-8,10H,9H2,1-2H3,(H,20,22)(H,21,23). The minimum atomic E-state index is -0.437. The van der Waals surface area contributed by atoms with Gasteiger partial charge in [0.1, 0.15) is 17.8 Å². The number of nitrogens with zero attached hydrogens (tertiary/aromatic N) is 1. The van der Waals surface area contributed by atoms with E-state index in [9.17, 15) is 9.59 Å². The smallest absolute Gasteiger partial charge is 0.273 e. The molecule has 3 aromatic rings. The van der Waals surface area contributed by atoms with Gasteiger partial charge in [0, 0.05) is 5.56 Å². The van der Waals surface area contributed by atoms with E-state index in [-0.39, 0.29) is 6.42 Å². The van der Waals surface area contributed by atoms with Crippen LogP contribution in [0, 0.1) is 13.8 Å². The van der Waals surface area contributed by atoms with Crippen LogP contribution in [0.2, 0.25) is 0 Å². The fourth-order valence-corrected chi connectivity index (χ4v) is 2.36. The number of furan rings is 1. The number of oxazole rings is 1. The molecular formula is C18H17N3O4. The lowest BCUT2D eigenvalue weighted by Crippen LogP contribution is -2.42. The maximum atomic E-state index is 12.0. The normalized spacial score (nSPS) is 10.5. The molecule has 3 rings (SSSR count). The highest BCUT2D eigenvalue weighted by molar-refractivity contribution is 5.96. The van der Waals surface area contributed by atoms with Gasteiger partial charge in [-0.3, -0.25) is 20.4 Å². The Labute approximate surface area is 144 Å². The van der Waals surface area contributed by atoms with Crippen LogP contribution in [0.4, 0.5) is 0 Å². The predicted octanol–water partition coefficient (Wildman–Crippen LogP) is 2.56. The zero-order valence-corrected chi connectivity index (χ0v) is 13.8. The number of carbonyl (C=O) groups excluding carboxylic acids is 2. The van der Waals surface area contributed by atoms with Crippen LogP contribution in [0.15, 0.2) is 51.5 Å². The SMILES string of the molecule is Cc1cc(C(=O)NNC(=O)Cc2coc(-c3ccccc3)n2)c(C)o1. The molecule has 2 amide bonds. The lowest BCUT2D eigenvalue weighted by atomic mass is 10.2. The summed E-state index contributed by atoms with van der Waals surface area (Å²) in [6.45, 7) is 3.43. The molecule has 0 fully saturated rings. The topological polar surface area (TPSA) is 97.4 Å². The first kappa shape index (κ1) is 16.5. The van der Waals surface area contributed by atoms with Crippen LogP contribution in [0.3, 0.4) is 0 Å². The molecule has 7 nitrogen and oxygen atoms in total. The Morgan fingerprint density at radius 3 is 2.56 bits per heavy atom. The Morgan fingerprint density at radius 1 is 1.12 bits per heavy atom. The van der Waals surface area contributed by atoms with Gasteiger partial charge in [0.05, 0.1) is 17.7 Å². The van der Waals surface area contributed by atoms with Crippen molar-refractivity contribution in [3.63, 3.8) is 0 Å². The number of benzene rings is 1. The summed E-state index contributed by atoms with van der Waals surface area (Å²) in [5, 5.41) is 0. The zero-order chi connectivity index (χ0) is 17.8. The fraction of sp³-hybridized carbons (Fsp3) is 0.167. The number of hydrogen-bond acceptors (Lipinski definition) is 5. The second kappa shape index (κ2) is 7.04. The van der Waals surface area contributed by atoms with Crippen LogP contribution in [-0.2, 0) is 11.2 Å². The summed E-state index contributed by atoms with van der Waals surface area (Å²) in [6.07, 6.45) is 1.41. The number of hydrogen-bond donors (Lipinski definition) is 2. The van der Waals surface area contributed by atoms with Gasteiger partial charge in [-0.05, 0) is 32.0 Å². The highest BCUT2D eigenvalue weighted by atomic mass is 16.3. The molecule has 0 unspecified atom stereocenters. The van der Waals surface area contributed by atoms with Crippen LogP contribution < -0.4 is 10.9 Å². The minimum absolute atomic E-state index is 0.0139. The van der Waals surface area contributed by atoms with Gasteiger partial charge >= 0.3 is 0 Å². The molecule has 2 N–H and O–H groups in total. The van der Waals surface area contributed by atoms with Crippen molar-refractivity contribution in [1.82, 2.24) is 15.8 Å². The van der Waals surface area contributed by atoms with Gasteiger partial charge in [-0.15, -0.1) is 0 Å². The molecule has 2 heterocycles. The van der Waals surface area contributed by atoms with Crippen LogP contribution >= 0.6 is 0 Å². The van der Waals surface area contributed by atoms with Gasteiger partial charge in [0.2, 0.25) is 11.8 Å². The Morgan fingerprint density at radius 2 is 1.88 bits per heavy atom. The molecule has 128 valence electrons. The highest BCUT2D eigenvalue weighted by Gasteiger charge is 2.15. The van der Waals surface area contributed by atoms with Crippen molar-refractivity contribution >= 4 is 11.8 Å². The minimum Gasteiger partial charge on any atom is -0.466 e. The van der Waals surface area contributed by atoms with Crippen molar-refractivity contribution in [2.75, 3.05) is 0 Å². The molecule has 0 aliphatic rings. The Balaban J connectivity index is 1.55. The zero-order valence-electron chi connectivity index (χ0n) is 13.8. The number of amides is 2. The van der Waals surface area contributed by atoms with Crippen LogP contribution in [-0.4, -0.2) is 16.8 Å². The molecule has 1 aromatic carbocycles. The maximum absolute atomic E-state index is 12.0. The summed E-state index contributed by atoms with van der Waals surface area (Å²) in [5.41, 5.74) is 6.39. The average Bonchev–Trinajstić information content (AvgIpc) is 3.19. The van der Waals surface area contributed by atoms with E-state index in [1.54, 1.807) is 19.9 Å². The second-order valence-electron chi connectivity index (χ2n) is 5.52. The molecule has 0 saturated heterocycles. The first-order chi connectivity index (χ1) is 12.0. The summed E-state index contributed by atoms with van der Waals surface area (Å²) in [4.78, 5) is 28.2. The van der Waals surface area contributed by atoms with E-state index in [4.69, 9.17) is 8.83 Å². The van der Waals surface area contributed by atoms with Crippen molar-refractivity contribution in [3.05, 3.63) is 65.4 Å². The maximum Gasteiger partial charge on any atom is 0.273 e. The lowest BCUT2D eigenvalue weighted by Gasteiger charge is -2.05. The molecule has 2 aromatic heterocycles. The van der Waals surface area contributed by atoms with Gasteiger partial charge in [-0.1, -0.05) is 18.2 Å². The number of aromatic nitrogens is 1. The summed E-state index contributed by atoms with van der Waals surface area (Å²) in [5.74, 6) is 0.724. The van der Waals surface area contributed by atoms with E-state index in [1.807, 2.05) is 30.3 Å². The molecule has 0 bridgehead atoms. The summed E-state index contributed by atoms with van der Waals surface area (Å²) < 4.78 is 10.7. The Kier molecular flexibility index (Phi) is 4.65. The number of carbonyl (C=O) groups is 2. The van der Waals surface area contributed by atoms with Crippen molar-refractivity contribution in [2.45, 2.75) is 20.3 Å². The average molecular weight is 339 g/mol. The monoisotopic (exact) mass is 339 g/mol. The molecule has 0 spiro atoms. The predicted molar refractivity (Wildman–Crippen MR) is 89.4 cm³/mol. The van der Waals surface area contributed by atoms with Crippen LogP contribution in [0.25, 0.3) is 11.5 Å². The molecule has 7 heteroatoms. The van der Waals surface area contributed by atoms with E-state index in [0.717, 1.165) is 5.56 Å². The number of nitrogens with one attached hydrogen (secondary N) is 2. The first-order valence-electron chi connectivity index (χ1n) is 7.69. The van der Waals surface area contributed by atoms with Gasteiger partial charge in [0.15, 0.2) is 0 Å². The largest absolute Gasteiger partial charge is 0.466 e. The van der Waals surface area contributed by atoms with Crippen molar-refractivity contribution < 1.29 is 18.4 Å². The van der Waals surface area contributed by atoms with Crippen LogP contribution in [0.5, 0.6) is 0 Å². The van der Waals surface area contributed by atoms with Gasteiger partial charge < -0.3 is 8.83 Å². The highest BCUT2D eigenvalue weighted by Crippen LogP contribution is 2.18. The lowest BCUT2D eigenvalue weighted by molar-refractivity contribution is -0.121. The van der Waals surface area contributed by atoms with E-state index in [1.165, 1.54) is 6.26 Å². The summed E-state index contributed by atoms with van der Waals surface area (Å²) in [7, 11) is 0. The Bertz CT molecular complexity index is 896. The van der Waals surface area contributed by atoms with E-state index in [0.29, 0.717) is 28.7 Å². The second-order valence-corrected chi connectivity index (χ2v) is 5.52. The van der Waals surface area contributed by atoms with E-state index in [2.05, 4.69) is 15.8 Å². The molecular weight excluding hydrogens is 322 g/mol. The van der Waals surface area contributed by atoms with Gasteiger partial charge in [0.25, 0.3) is 5.91 Å². The molecule has 0 radical (unpaired) electrons. The molecule has 0 saturated carbocycles. The van der Waals surface area contributed by atoms with Gasteiger partial charge in [-0.2, -0.15) is 0 Å². The molecule has 0 atom stereocenters. The third-order valence-electron chi connectivity index (χ3n) is 3.52. The molecule has 25 heavy (non-hydrogen) atoms. The van der Waals surface area contributed by atoms with E-state index < -0.39 is 11.8 Å². The first-order valence-corrected chi connectivity index (χ1v) is 7.69.